The Morgan fingerprint density at radius 2 is 1.89 bits per heavy atom. The molecule has 0 saturated heterocycles. The summed E-state index contributed by atoms with van der Waals surface area (Å²) in [6, 6.07) is 7.27. The van der Waals surface area contributed by atoms with Gasteiger partial charge in [-0.2, -0.15) is 13.2 Å². The minimum absolute atomic E-state index is 0.0859. The molecule has 0 fully saturated rings. The second kappa shape index (κ2) is 8.58. The number of alkyl halides is 3. The molecule has 0 aliphatic heterocycles. The molecule has 0 radical (unpaired) electrons. The number of halogens is 3. The van der Waals surface area contributed by atoms with Crippen molar-refractivity contribution in [3.63, 3.8) is 0 Å². The minimum Gasteiger partial charge on any atom is -0.500 e. The molecule has 0 amide bonds. The molecule has 1 aromatic heterocycles. The Hall–Kier alpha value is -3.01. The van der Waals surface area contributed by atoms with E-state index in [0.29, 0.717) is 0 Å². The zero-order valence-electron chi connectivity index (χ0n) is 13.9. The average molecular weight is 398 g/mol. The molecule has 1 N–H and O–H groups in total. The first-order chi connectivity index (χ1) is 12.8. The van der Waals surface area contributed by atoms with E-state index in [-0.39, 0.29) is 11.5 Å². The van der Waals surface area contributed by atoms with Crippen LogP contribution in [0.5, 0.6) is 0 Å². The number of azo groups is 1. The lowest BCUT2D eigenvalue weighted by molar-refractivity contribution is -0.141. The van der Waals surface area contributed by atoms with Crippen molar-refractivity contribution >= 4 is 28.8 Å². The maximum Gasteiger partial charge on any atom is 0.418 e. The van der Waals surface area contributed by atoms with Crippen molar-refractivity contribution in [3.05, 3.63) is 63.7 Å². The van der Waals surface area contributed by atoms with Crippen molar-refractivity contribution in [2.24, 2.45) is 10.2 Å². The van der Waals surface area contributed by atoms with E-state index in [1.807, 2.05) is 0 Å². The number of rotatable bonds is 6. The third-order valence-corrected chi connectivity index (χ3v) is 3.99. The number of aliphatic hydroxyl groups is 1. The van der Waals surface area contributed by atoms with E-state index in [9.17, 15) is 27.9 Å². The third-order valence-electron chi connectivity index (χ3n) is 3.12. The van der Waals surface area contributed by atoms with Crippen molar-refractivity contribution in [1.82, 2.24) is 0 Å². The molecule has 0 aliphatic carbocycles. The minimum atomic E-state index is -4.69. The number of nitrogens with zero attached hydrogens (tertiary/aromatic N) is 2. The Morgan fingerprint density at radius 1 is 1.19 bits per heavy atom. The number of ether oxygens (including phenoxy) is 1. The van der Waals surface area contributed by atoms with Crippen LogP contribution in [0.15, 0.2) is 63.5 Å². The van der Waals surface area contributed by atoms with Crippen molar-refractivity contribution < 1.29 is 32.6 Å². The molecular formula is C17H13F3N2O4S. The van der Waals surface area contributed by atoms with E-state index in [1.54, 1.807) is 11.4 Å². The van der Waals surface area contributed by atoms with Gasteiger partial charge in [0.25, 0.3) is 0 Å². The smallest absolute Gasteiger partial charge is 0.418 e. The highest BCUT2D eigenvalue weighted by Crippen LogP contribution is 2.36. The maximum absolute atomic E-state index is 13.0. The number of hydrogen-bond donors (Lipinski definition) is 1. The van der Waals surface area contributed by atoms with E-state index >= 15 is 0 Å². The van der Waals surface area contributed by atoms with E-state index in [4.69, 9.17) is 0 Å². The number of carbonyl (C=O) groups is 2. The summed E-state index contributed by atoms with van der Waals surface area (Å²) in [5.74, 6) is -3.24. The summed E-state index contributed by atoms with van der Waals surface area (Å²) in [7, 11) is 0. The van der Waals surface area contributed by atoms with Crippen LogP contribution in [-0.4, -0.2) is 23.5 Å². The normalized spacial score (nSPS) is 12.7. The lowest BCUT2D eigenvalue weighted by Gasteiger charge is -2.08. The SMILES string of the molecule is CCOC(=O)/C(O)=C(/N=Nc1ccccc1C(F)(F)F)C(=O)c1cccs1. The molecule has 142 valence electrons. The van der Waals surface area contributed by atoms with Gasteiger partial charge >= 0.3 is 12.1 Å². The summed E-state index contributed by atoms with van der Waals surface area (Å²) in [5, 5.41) is 18.4. The molecule has 0 atom stereocenters. The van der Waals surface area contributed by atoms with Gasteiger partial charge in [-0.15, -0.1) is 21.6 Å². The molecule has 2 rings (SSSR count). The summed E-state index contributed by atoms with van der Waals surface area (Å²) in [6.45, 7) is 1.39. The van der Waals surface area contributed by atoms with Crippen molar-refractivity contribution in [1.29, 1.82) is 0 Å². The third kappa shape index (κ3) is 5.00. The van der Waals surface area contributed by atoms with E-state index in [1.165, 1.54) is 25.1 Å². The summed E-state index contributed by atoms with van der Waals surface area (Å²) in [6.07, 6.45) is -4.69. The second-order valence-electron chi connectivity index (χ2n) is 4.94. The fourth-order valence-electron chi connectivity index (χ4n) is 1.93. The summed E-state index contributed by atoms with van der Waals surface area (Å²) < 4.78 is 43.7. The first kappa shape index (κ1) is 20.3. The van der Waals surface area contributed by atoms with Crippen molar-refractivity contribution in [3.8, 4) is 0 Å². The van der Waals surface area contributed by atoms with E-state index < -0.39 is 40.6 Å². The topological polar surface area (TPSA) is 88.3 Å². The number of thiophene rings is 1. The van der Waals surface area contributed by atoms with Crippen LogP contribution in [0.2, 0.25) is 0 Å². The highest BCUT2D eigenvalue weighted by Gasteiger charge is 2.33. The number of aliphatic hydroxyl groups excluding tert-OH is 1. The highest BCUT2D eigenvalue weighted by atomic mass is 32.1. The predicted octanol–water partition coefficient (Wildman–Crippen LogP) is 5.07. The van der Waals surface area contributed by atoms with Crippen LogP contribution in [0.3, 0.4) is 0 Å². The first-order valence-electron chi connectivity index (χ1n) is 7.52. The van der Waals surface area contributed by atoms with Gasteiger partial charge in [-0.25, -0.2) is 4.79 Å². The summed E-state index contributed by atoms with van der Waals surface area (Å²) in [4.78, 5) is 24.3. The number of carbonyl (C=O) groups excluding carboxylic acids is 2. The molecule has 0 aliphatic rings. The number of Topliss-reactive ketones (excluding diaryl/α,β-unsaturated/α-hetero) is 1. The van der Waals surface area contributed by atoms with Gasteiger partial charge in [0.1, 0.15) is 0 Å². The number of benzene rings is 1. The van der Waals surface area contributed by atoms with Gasteiger partial charge in [0, 0.05) is 0 Å². The Morgan fingerprint density at radius 3 is 2.48 bits per heavy atom. The maximum atomic E-state index is 13.0. The molecule has 27 heavy (non-hydrogen) atoms. The molecule has 0 saturated carbocycles. The average Bonchev–Trinajstić information content (AvgIpc) is 3.16. The number of esters is 1. The van der Waals surface area contributed by atoms with Crippen LogP contribution in [0.25, 0.3) is 0 Å². The zero-order chi connectivity index (χ0) is 20.0. The number of allylic oxidation sites excluding steroid dienone is 1. The van der Waals surface area contributed by atoms with Crippen molar-refractivity contribution in [2.45, 2.75) is 13.1 Å². The van der Waals surface area contributed by atoms with Gasteiger partial charge in [-0.1, -0.05) is 18.2 Å². The fraction of sp³-hybridized carbons (Fsp3) is 0.176. The monoisotopic (exact) mass is 398 g/mol. The van der Waals surface area contributed by atoms with Crippen LogP contribution in [0.1, 0.15) is 22.2 Å². The summed E-state index contributed by atoms with van der Waals surface area (Å²) >= 11 is 1.00. The van der Waals surface area contributed by atoms with Gasteiger partial charge in [0.2, 0.25) is 11.5 Å². The molecule has 1 heterocycles. The van der Waals surface area contributed by atoms with Gasteiger partial charge in [-0.05, 0) is 30.5 Å². The number of hydrogen-bond acceptors (Lipinski definition) is 7. The molecular weight excluding hydrogens is 385 g/mol. The molecule has 1 aromatic carbocycles. The Bertz CT molecular complexity index is 890. The molecule has 6 nitrogen and oxygen atoms in total. The predicted molar refractivity (Wildman–Crippen MR) is 90.9 cm³/mol. The zero-order valence-corrected chi connectivity index (χ0v) is 14.7. The lowest BCUT2D eigenvalue weighted by Crippen LogP contribution is -2.13. The molecule has 0 spiro atoms. The number of ketones is 1. The van der Waals surface area contributed by atoms with Crippen molar-refractivity contribution in [2.75, 3.05) is 6.61 Å². The van der Waals surface area contributed by atoms with Gasteiger partial charge in [-0.3, -0.25) is 4.79 Å². The second-order valence-corrected chi connectivity index (χ2v) is 5.89. The van der Waals surface area contributed by atoms with Gasteiger partial charge in [0.05, 0.1) is 22.7 Å². The highest BCUT2D eigenvalue weighted by molar-refractivity contribution is 7.12. The van der Waals surface area contributed by atoms with Gasteiger partial charge < -0.3 is 9.84 Å². The van der Waals surface area contributed by atoms with Crippen LogP contribution >= 0.6 is 11.3 Å². The Kier molecular flexibility index (Phi) is 6.45. The molecule has 0 unspecified atom stereocenters. The van der Waals surface area contributed by atoms with E-state index in [0.717, 1.165) is 23.5 Å². The van der Waals surface area contributed by atoms with Crippen LogP contribution in [0, 0.1) is 0 Å². The van der Waals surface area contributed by atoms with Crippen LogP contribution < -0.4 is 0 Å². The van der Waals surface area contributed by atoms with E-state index in [2.05, 4.69) is 15.0 Å². The largest absolute Gasteiger partial charge is 0.500 e. The Balaban J connectivity index is 2.50. The summed E-state index contributed by atoms with van der Waals surface area (Å²) in [5.41, 5.74) is -2.46. The Labute approximate surface area is 155 Å². The fourth-order valence-corrected chi connectivity index (χ4v) is 2.59. The first-order valence-corrected chi connectivity index (χ1v) is 8.40. The standard InChI is InChI=1S/C17H13F3N2O4S/c1-2-26-16(25)15(24)13(14(23)12-8-5-9-27-12)22-21-11-7-4-3-6-10(11)17(18,19)20/h3-9,24H,2H2,1H3/b15-13-,22-21?. The quantitative estimate of drug-likeness (QED) is 0.242. The lowest BCUT2D eigenvalue weighted by atomic mass is 10.2. The molecule has 10 heteroatoms. The van der Waals surface area contributed by atoms with Crippen LogP contribution in [0.4, 0.5) is 18.9 Å². The molecule has 0 bridgehead atoms. The molecule has 2 aromatic rings. The van der Waals surface area contributed by atoms with Gasteiger partial charge in [0.15, 0.2) is 5.70 Å². The van der Waals surface area contributed by atoms with Crippen LogP contribution in [-0.2, 0) is 15.7 Å².